The largest absolute Gasteiger partial charge is 0.500 e. The molecule has 31 heavy (non-hydrogen) atoms. The molecule has 0 aromatic rings. The predicted molar refractivity (Wildman–Crippen MR) is 138 cm³/mol. The van der Waals surface area contributed by atoms with Crippen molar-refractivity contribution in [2.45, 2.75) is 131 Å². The minimum absolute atomic E-state index is 0.605. The summed E-state index contributed by atoms with van der Waals surface area (Å²) in [7, 11) is -2.71. The molecule has 3 unspecified atom stereocenters. The fourth-order valence-electron chi connectivity index (χ4n) is 3.99. The predicted octanol–water partition coefficient (Wildman–Crippen LogP) is 8.85. The van der Waals surface area contributed by atoms with Crippen molar-refractivity contribution in [1.82, 2.24) is 0 Å². The first-order valence-corrected chi connectivity index (χ1v) is 15.7. The third-order valence-corrected chi connectivity index (χ3v) is 9.52. The Morgan fingerprint density at radius 3 is 1.13 bits per heavy atom. The summed E-state index contributed by atoms with van der Waals surface area (Å²) in [5.41, 5.74) is 0. The fraction of sp³-hybridized carbons (Fsp3) is 0.963. The zero-order valence-corrected chi connectivity index (χ0v) is 23.2. The Morgan fingerprint density at radius 1 is 0.581 bits per heavy atom. The van der Waals surface area contributed by atoms with E-state index < -0.39 is 8.80 Å². The van der Waals surface area contributed by atoms with Gasteiger partial charge in [-0.3, -0.25) is 0 Å². The molecule has 0 fully saturated rings. The molecule has 0 saturated carbocycles. The van der Waals surface area contributed by atoms with Gasteiger partial charge in [0, 0.05) is 25.9 Å². The van der Waals surface area contributed by atoms with Crippen molar-refractivity contribution in [2.24, 2.45) is 17.8 Å². The van der Waals surface area contributed by atoms with Crippen molar-refractivity contribution in [3.63, 3.8) is 0 Å². The minimum Gasteiger partial charge on any atom is -0.373 e. The van der Waals surface area contributed by atoms with E-state index in [1.54, 1.807) is 0 Å². The topological polar surface area (TPSA) is 27.7 Å². The van der Waals surface area contributed by atoms with Crippen LogP contribution in [-0.2, 0) is 13.3 Å². The second-order valence-corrected chi connectivity index (χ2v) is 12.2. The van der Waals surface area contributed by atoms with Gasteiger partial charge >= 0.3 is 8.80 Å². The first kappa shape index (κ1) is 31.1. The third kappa shape index (κ3) is 14.8. The second-order valence-electron chi connectivity index (χ2n) is 9.47. The van der Waals surface area contributed by atoms with Crippen molar-refractivity contribution in [3.05, 3.63) is 6.92 Å². The van der Waals surface area contributed by atoms with Crippen LogP contribution in [0.4, 0.5) is 0 Å². The van der Waals surface area contributed by atoms with Gasteiger partial charge in [-0.2, -0.15) is 0 Å². The summed E-state index contributed by atoms with van der Waals surface area (Å²) in [6.45, 7) is 20.1. The summed E-state index contributed by atoms with van der Waals surface area (Å²) < 4.78 is 20.0. The maximum Gasteiger partial charge on any atom is 0.500 e. The van der Waals surface area contributed by atoms with Crippen LogP contribution in [0.3, 0.4) is 0 Å². The Labute approximate surface area is 197 Å². The third-order valence-electron chi connectivity index (χ3n) is 6.73. The van der Waals surface area contributed by atoms with Gasteiger partial charge in [0.2, 0.25) is 0 Å². The van der Waals surface area contributed by atoms with Gasteiger partial charge in [-0.1, -0.05) is 106 Å². The first-order chi connectivity index (χ1) is 15.0. The van der Waals surface area contributed by atoms with Crippen LogP contribution in [0.5, 0.6) is 0 Å². The lowest BCUT2D eigenvalue weighted by Crippen LogP contribution is -2.48. The number of hydrogen-bond donors (Lipinski definition) is 0. The Kier molecular flexibility index (Phi) is 20.8. The summed E-state index contributed by atoms with van der Waals surface area (Å²) in [5.74, 6) is 1.81. The molecule has 0 spiro atoms. The Bertz CT molecular complexity index is 327. The smallest absolute Gasteiger partial charge is 0.373 e. The molecule has 3 atom stereocenters. The van der Waals surface area contributed by atoms with E-state index in [9.17, 15) is 0 Å². The number of rotatable bonds is 23. The molecule has 1 radical (unpaired) electrons. The monoisotopic (exact) mass is 457 g/mol. The van der Waals surface area contributed by atoms with Crippen LogP contribution in [0.1, 0.15) is 125 Å². The van der Waals surface area contributed by atoms with Gasteiger partial charge in [0.25, 0.3) is 0 Å². The molecule has 0 aliphatic carbocycles. The van der Waals surface area contributed by atoms with E-state index in [2.05, 4.69) is 48.5 Å². The molecule has 0 aromatic carbocycles. The molecule has 0 saturated heterocycles. The van der Waals surface area contributed by atoms with Gasteiger partial charge < -0.3 is 13.3 Å². The molecule has 4 heteroatoms. The van der Waals surface area contributed by atoms with Gasteiger partial charge in [0.15, 0.2) is 0 Å². The maximum atomic E-state index is 6.67. The summed E-state index contributed by atoms with van der Waals surface area (Å²) >= 11 is 0. The van der Waals surface area contributed by atoms with Crippen LogP contribution < -0.4 is 0 Å². The molecule has 0 N–H and O–H groups in total. The molecule has 0 bridgehead atoms. The second kappa shape index (κ2) is 20.7. The molecule has 0 rings (SSSR count). The van der Waals surface area contributed by atoms with Gasteiger partial charge in [-0.05, 0) is 43.4 Å². The van der Waals surface area contributed by atoms with Crippen molar-refractivity contribution in [2.75, 3.05) is 19.8 Å². The van der Waals surface area contributed by atoms with Crippen molar-refractivity contribution in [3.8, 4) is 0 Å². The molecule has 0 heterocycles. The quantitative estimate of drug-likeness (QED) is 0.143. The van der Waals surface area contributed by atoms with Gasteiger partial charge in [0.05, 0.1) is 0 Å². The normalized spacial score (nSPS) is 16.7. The van der Waals surface area contributed by atoms with Crippen LogP contribution in [0.2, 0.25) is 6.04 Å². The molecule has 0 aromatic heterocycles. The number of unbranched alkanes of at least 4 members (excludes halogenated alkanes) is 3. The van der Waals surface area contributed by atoms with Crippen molar-refractivity contribution < 1.29 is 13.3 Å². The summed E-state index contributed by atoms with van der Waals surface area (Å²) in [6, 6.07) is 0.839. The Morgan fingerprint density at radius 2 is 0.903 bits per heavy atom. The molecular formula is C27H57O3Si. The highest BCUT2D eigenvalue weighted by atomic mass is 28.4. The molecule has 187 valence electrons. The van der Waals surface area contributed by atoms with E-state index in [0.717, 1.165) is 51.5 Å². The number of hydrogen-bond acceptors (Lipinski definition) is 3. The van der Waals surface area contributed by atoms with E-state index in [0.29, 0.717) is 17.8 Å². The summed E-state index contributed by atoms with van der Waals surface area (Å²) in [6.07, 6.45) is 15.6. The van der Waals surface area contributed by atoms with E-state index >= 15 is 0 Å². The SMILES string of the molecule is [CH2]CC[Si](OCC(CC)CCCC)(OCC(CC)CCCC)OCC(CC)CCCC. The van der Waals surface area contributed by atoms with Crippen molar-refractivity contribution in [1.29, 1.82) is 0 Å². The lowest BCUT2D eigenvalue weighted by atomic mass is 10.0. The lowest BCUT2D eigenvalue weighted by molar-refractivity contribution is 0.0246. The highest BCUT2D eigenvalue weighted by Gasteiger charge is 2.42. The minimum atomic E-state index is -2.71. The van der Waals surface area contributed by atoms with Crippen LogP contribution in [0.25, 0.3) is 0 Å². The highest BCUT2D eigenvalue weighted by molar-refractivity contribution is 6.60. The highest BCUT2D eigenvalue weighted by Crippen LogP contribution is 2.26. The molecule has 3 nitrogen and oxygen atoms in total. The lowest BCUT2D eigenvalue weighted by Gasteiger charge is -2.33. The Balaban J connectivity index is 5.26. The van der Waals surface area contributed by atoms with Crippen LogP contribution >= 0.6 is 0 Å². The zero-order chi connectivity index (χ0) is 23.4. The average molecular weight is 458 g/mol. The van der Waals surface area contributed by atoms with E-state index in [1.807, 2.05) is 0 Å². The van der Waals surface area contributed by atoms with Gasteiger partial charge in [0.1, 0.15) is 0 Å². The van der Waals surface area contributed by atoms with Crippen molar-refractivity contribution >= 4 is 8.80 Å². The van der Waals surface area contributed by atoms with Crippen LogP contribution in [0.15, 0.2) is 0 Å². The average Bonchev–Trinajstić information content (AvgIpc) is 2.79. The van der Waals surface area contributed by atoms with Gasteiger partial charge in [-0.25, -0.2) is 0 Å². The molecular weight excluding hydrogens is 400 g/mol. The molecule has 0 aliphatic heterocycles. The van der Waals surface area contributed by atoms with Gasteiger partial charge in [-0.15, -0.1) is 0 Å². The first-order valence-electron chi connectivity index (χ1n) is 13.7. The summed E-state index contributed by atoms with van der Waals surface area (Å²) in [4.78, 5) is 0. The maximum absolute atomic E-state index is 6.67. The fourth-order valence-corrected chi connectivity index (χ4v) is 6.57. The van der Waals surface area contributed by atoms with Crippen LogP contribution in [0, 0.1) is 24.7 Å². The molecule has 0 aliphatic rings. The van der Waals surface area contributed by atoms with Crippen LogP contribution in [-0.4, -0.2) is 28.6 Å². The molecule has 0 amide bonds. The van der Waals surface area contributed by atoms with E-state index in [1.165, 1.54) is 57.8 Å². The van der Waals surface area contributed by atoms with E-state index in [-0.39, 0.29) is 0 Å². The standard InChI is InChI=1S/C27H57O3Si/c1-8-15-18-25(12-5)22-28-31(21-11-4,29-23-26(13-6)19-16-9-2)30-24-27(14-7)20-17-10-3/h25-27H,4,8-24H2,1-3,5-7H3. The Hall–Kier alpha value is 0.0969. The zero-order valence-electron chi connectivity index (χ0n) is 22.2. The summed E-state index contributed by atoms with van der Waals surface area (Å²) in [5, 5.41) is 0. The van der Waals surface area contributed by atoms with E-state index in [4.69, 9.17) is 13.3 Å².